The monoisotopic (exact) mass is 410 g/mol. The summed E-state index contributed by atoms with van der Waals surface area (Å²) in [6.45, 7) is 0.378. The van der Waals surface area contributed by atoms with Gasteiger partial charge in [0, 0.05) is 29.1 Å². The van der Waals surface area contributed by atoms with Gasteiger partial charge in [0.05, 0.1) is 5.69 Å². The number of hydrogen-bond donors (Lipinski definition) is 4. The van der Waals surface area contributed by atoms with Crippen LogP contribution in [0.25, 0.3) is 16.5 Å². The number of nitrogens with one attached hydrogen (secondary N) is 3. The SMILES string of the molecule is NS(=O)(=O)c1ccccc1NC(=O)/C=C1/CCNC(=O)c2[nH]c3ccccc3c21. The quantitative estimate of drug-likeness (QED) is 0.491. The van der Waals surface area contributed by atoms with Crippen LogP contribution in [0.1, 0.15) is 22.5 Å². The van der Waals surface area contributed by atoms with Crippen molar-refractivity contribution in [3.8, 4) is 0 Å². The highest BCUT2D eigenvalue weighted by Crippen LogP contribution is 2.32. The normalized spacial score (nSPS) is 15.6. The number of hydrogen-bond acceptors (Lipinski definition) is 4. The number of para-hydroxylation sites is 2. The fraction of sp³-hybridized carbons (Fsp3) is 0.100. The van der Waals surface area contributed by atoms with E-state index in [0.717, 1.165) is 10.9 Å². The second-order valence-electron chi connectivity index (χ2n) is 6.63. The van der Waals surface area contributed by atoms with E-state index in [2.05, 4.69) is 15.6 Å². The third-order valence-corrected chi connectivity index (χ3v) is 5.66. The molecule has 0 fully saturated rings. The second kappa shape index (κ2) is 7.19. The van der Waals surface area contributed by atoms with E-state index in [-0.39, 0.29) is 16.5 Å². The Labute approximate surface area is 166 Å². The summed E-state index contributed by atoms with van der Waals surface area (Å²) in [5.74, 6) is -0.749. The van der Waals surface area contributed by atoms with Gasteiger partial charge in [-0.05, 0) is 30.2 Å². The second-order valence-corrected chi connectivity index (χ2v) is 8.16. The molecule has 0 unspecified atom stereocenters. The number of nitrogens with two attached hydrogens (primary N) is 1. The van der Waals surface area contributed by atoms with Crippen LogP contribution in [0.2, 0.25) is 0 Å². The number of aromatic amines is 1. The molecule has 0 saturated heterocycles. The van der Waals surface area contributed by atoms with Crippen molar-refractivity contribution < 1.29 is 18.0 Å². The largest absolute Gasteiger partial charge is 0.350 e. The molecule has 0 bridgehead atoms. The van der Waals surface area contributed by atoms with Crippen molar-refractivity contribution >= 4 is 44.0 Å². The molecule has 9 heteroatoms. The van der Waals surface area contributed by atoms with Crippen molar-refractivity contribution in [2.45, 2.75) is 11.3 Å². The molecule has 3 aromatic rings. The zero-order valence-electron chi connectivity index (χ0n) is 15.2. The first-order chi connectivity index (χ1) is 13.8. The van der Waals surface area contributed by atoms with Crippen LogP contribution < -0.4 is 15.8 Å². The lowest BCUT2D eigenvalue weighted by atomic mass is 9.99. The van der Waals surface area contributed by atoms with Gasteiger partial charge < -0.3 is 15.6 Å². The lowest BCUT2D eigenvalue weighted by molar-refractivity contribution is -0.111. The maximum Gasteiger partial charge on any atom is 0.268 e. The minimum atomic E-state index is -3.99. The molecule has 2 amide bonds. The first-order valence-electron chi connectivity index (χ1n) is 8.87. The minimum absolute atomic E-state index is 0.0961. The molecule has 4 rings (SSSR count). The zero-order valence-corrected chi connectivity index (χ0v) is 16.0. The van der Waals surface area contributed by atoms with Gasteiger partial charge in [-0.3, -0.25) is 9.59 Å². The topological polar surface area (TPSA) is 134 Å². The lowest BCUT2D eigenvalue weighted by Gasteiger charge is -2.09. The summed E-state index contributed by atoms with van der Waals surface area (Å²) in [7, 11) is -3.99. The minimum Gasteiger partial charge on any atom is -0.350 e. The van der Waals surface area contributed by atoms with E-state index in [1.54, 1.807) is 6.07 Å². The van der Waals surface area contributed by atoms with Gasteiger partial charge in [-0.1, -0.05) is 30.3 Å². The Kier molecular flexibility index (Phi) is 4.69. The molecule has 5 N–H and O–H groups in total. The van der Waals surface area contributed by atoms with E-state index < -0.39 is 15.9 Å². The molecule has 0 radical (unpaired) electrons. The van der Waals surface area contributed by atoms with Crippen molar-refractivity contribution in [1.82, 2.24) is 10.3 Å². The predicted octanol–water partition coefficient (Wildman–Crippen LogP) is 1.97. The Hall–Kier alpha value is -3.43. The van der Waals surface area contributed by atoms with Gasteiger partial charge in [0.15, 0.2) is 0 Å². The maximum atomic E-state index is 12.7. The molecule has 29 heavy (non-hydrogen) atoms. The van der Waals surface area contributed by atoms with Crippen molar-refractivity contribution in [2.24, 2.45) is 5.14 Å². The van der Waals surface area contributed by atoms with Crippen LogP contribution in [-0.4, -0.2) is 31.8 Å². The fourth-order valence-electron chi connectivity index (χ4n) is 3.46. The average Bonchev–Trinajstić information content (AvgIpc) is 2.99. The molecular formula is C20H18N4O4S. The van der Waals surface area contributed by atoms with Crippen LogP contribution in [-0.2, 0) is 14.8 Å². The summed E-state index contributed by atoms with van der Waals surface area (Å²) in [6, 6.07) is 13.4. The van der Waals surface area contributed by atoms with Gasteiger partial charge in [0.2, 0.25) is 15.9 Å². The number of primary sulfonamides is 1. The molecular weight excluding hydrogens is 392 g/mol. The van der Waals surface area contributed by atoms with E-state index >= 15 is 0 Å². The molecule has 0 atom stereocenters. The number of anilines is 1. The summed E-state index contributed by atoms with van der Waals surface area (Å²) < 4.78 is 23.5. The smallest absolute Gasteiger partial charge is 0.268 e. The number of fused-ring (bicyclic) bond motifs is 3. The van der Waals surface area contributed by atoms with E-state index in [9.17, 15) is 18.0 Å². The summed E-state index contributed by atoms with van der Waals surface area (Å²) >= 11 is 0. The number of sulfonamides is 1. The number of rotatable bonds is 3. The predicted molar refractivity (Wildman–Crippen MR) is 110 cm³/mol. The molecule has 2 aromatic carbocycles. The van der Waals surface area contributed by atoms with Crippen molar-refractivity contribution in [2.75, 3.05) is 11.9 Å². The van der Waals surface area contributed by atoms with Gasteiger partial charge in [0.25, 0.3) is 5.91 Å². The van der Waals surface area contributed by atoms with Crippen LogP contribution in [0.15, 0.2) is 59.5 Å². The summed E-state index contributed by atoms with van der Waals surface area (Å²) in [6.07, 6.45) is 1.84. The highest BCUT2D eigenvalue weighted by atomic mass is 32.2. The van der Waals surface area contributed by atoms with Crippen LogP contribution in [0.5, 0.6) is 0 Å². The molecule has 1 aromatic heterocycles. The molecule has 2 heterocycles. The maximum absolute atomic E-state index is 12.7. The number of benzene rings is 2. The van der Waals surface area contributed by atoms with Crippen molar-refractivity contribution in [1.29, 1.82) is 0 Å². The van der Waals surface area contributed by atoms with Crippen molar-refractivity contribution in [3.63, 3.8) is 0 Å². The highest BCUT2D eigenvalue weighted by molar-refractivity contribution is 7.89. The van der Waals surface area contributed by atoms with Crippen LogP contribution in [0, 0.1) is 0 Å². The van der Waals surface area contributed by atoms with E-state index in [0.29, 0.717) is 29.8 Å². The summed E-state index contributed by atoms with van der Waals surface area (Å²) in [5, 5.41) is 11.4. The summed E-state index contributed by atoms with van der Waals surface area (Å²) in [5.41, 5.74) is 2.62. The van der Waals surface area contributed by atoms with Crippen LogP contribution >= 0.6 is 0 Å². The van der Waals surface area contributed by atoms with E-state index in [4.69, 9.17) is 5.14 Å². The van der Waals surface area contributed by atoms with Gasteiger partial charge in [0.1, 0.15) is 10.6 Å². The standard InChI is InChI=1S/C20H18N4O4S/c21-29(27,28)16-8-4-3-7-15(16)23-17(25)11-12-9-10-22-20(26)19-18(12)13-5-1-2-6-14(13)24-19/h1-8,11,24H,9-10H2,(H,22,26)(H,23,25)(H2,21,27,28)/b12-11-. The molecule has 0 spiro atoms. The number of carbonyl (C=O) groups excluding carboxylic acids is 2. The average molecular weight is 410 g/mol. The van der Waals surface area contributed by atoms with Gasteiger partial charge >= 0.3 is 0 Å². The van der Waals surface area contributed by atoms with Gasteiger partial charge in [-0.15, -0.1) is 0 Å². The Morgan fingerprint density at radius 2 is 1.83 bits per heavy atom. The Balaban J connectivity index is 1.75. The van der Waals surface area contributed by atoms with E-state index in [1.807, 2.05) is 24.3 Å². The Morgan fingerprint density at radius 1 is 1.10 bits per heavy atom. The van der Waals surface area contributed by atoms with Crippen molar-refractivity contribution in [3.05, 3.63) is 65.9 Å². The van der Waals surface area contributed by atoms with Crippen LogP contribution in [0.3, 0.4) is 0 Å². The molecule has 1 aliphatic heterocycles. The lowest BCUT2D eigenvalue weighted by Crippen LogP contribution is -2.22. The highest BCUT2D eigenvalue weighted by Gasteiger charge is 2.24. The number of amides is 2. The molecule has 0 saturated carbocycles. The molecule has 8 nitrogen and oxygen atoms in total. The zero-order chi connectivity index (χ0) is 20.6. The third-order valence-electron chi connectivity index (χ3n) is 4.69. The molecule has 0 aliphatic carbocycles. The van der Waals surface area contributed by atoms with Gasteiger partial charge in [-0.25, -0.2) is 13.6 Å². The first kappa shape index (κ1) is 18.9. The Bertz CT molecular complexity index is 1270. The first-order valence-corrected chi connectivity index (χ1v) is 10.4. The summed E-state index contributed by atoms with van der Waals surface area (Å²) in [4.78, 5) is 28.0. The number of aromatic nitrogens is 1. The third kappa shape index (κ3) is 3.65. The number of carbonyl (C=O) groups is 2. The Morgan fingerprint density at radius 3 is 2.62 bits per heavy atom. The van der Waals surface area contributed by atoms with Crippen LogP contribution in [0.4, 0.5) is 5.69 Å². The fourth-order valence-corrected chi connectivity index (χ4v) is 4.15. The molecule has 1 aliphatic rings. The van der Waals surface area contributed by atoms with E-state index in [1.165, 1.54) is 24.3 Å². The molecule has 148 valence electrons. The number of H-pyrrole nitrogens is 1. The van der Waals surface area contributed by atoms with Gasteiger partial charge in [-0.2, -0.15) is 0 Å².